The number of piperidine rings is 1. The summed E-state index contributed by atoms with van der Waals surface area (Å²) in [5.41, 5.74) is -0.172. The molecule has 2 saturated heterocycles. The fraction of sp³-hybridized carbons (Fsp3) is 0.895. The predicted octanol–water partition coefficient (Wildman–Crippen LogP) is 0.957. The largest absolute Gasteiger partial charge is 0.392 e. The lowest BCUT2D eigenvalue weighted by molar-refractivity contribution is -0.207. The molecule has 0 aromatic carbocycles. The lowest BCUT2D eigenvalue weighted by Crippen LogP contribution is -2.63. The first-order valence-corrected chi connectivity index (χ1v) is 10.1. The molecule has 4 rings (SSSR count). The topological polar surface area (TPSA) is 82.1 Å². The lowest BCUT2D eigenvalue weighted by atomic mass is 9.58. The van der Waals surface area contributed by atoms with Gasteiger partial charge in [0.15, 0.2) is 0 Å². The van der Waals surface area contributed by atoms with Crippen LogP contribution in [0.3, 0.4) is 0 Å². The molecule has 5 unspecified atom stereocenters. The Balaban J connectivity index is 1.27. The second-order valence-corrected chi connectivity index (χ2v) is 8.59. The number of carbonyl (C=O) groups is 2. The van der Waals surface area contributed by atoms with Gasteiger partial charge in [-0.15, -0.1) is 0 Å². The van der Waals surface area contributed by atoms with E-state index in [1.807, 2.05) is 16.7 Å². The maximum Gasteiger partial charge on any atom is 0.317 e. The summed E-state index contributed by atoms with van der Waals surface area (Å²) in [4.78, 5) is 28.5. The normalized spacial score (nSPS) is 38.4. The number of aliphatic hydroxyl groups is 1. The zero-order chi connectivity index (χ0) is 18.5. The molecule has 2 aliphatic carbocycles. The number of urea groups is 1. The SMILES string of the molecule is CCOC1CC(O)C12CCN(C(=O)NC1CC(=O)N(C3CC3C)C1)CC2. The molecule has 3 amide bonds. The van der Waals surface area contributed by atoms with Gasteiger partial charge in [-0.25, -0.2) is 4.79 Å². The monoisotopic (exact) mass is 365 g/mol. The molecule has 0 aromatic rings. The van der Waals surface area contributed by atoms with Crippen LogP contribution < -0.4 is 5.32 Å². The van der Waals surface area contributed by atoms with E-state index in [4.69, 9.17) is 4.74 Å². The molecule has 1 spiro atoms. The number of rotatable bonds is 4. The van der Waals surface area contributed by atoms with Crippen LogP contribution >= 0.6 is 0 Å². The van der Waals surface area contributed by atoms with E-state index in [0.717, 1.165) is 19.3 Å². The van der Waals surface area contributed by atoms with Crippen LogP contribution in [0.25, 0.3) is 0 Å². The summed E-state index contributed by atoms with van der Waals surface area (Å²) in [7, 11) is 0. The van der Waals surface area contributed by atoms with Crippen LogP contribution in [0.15, 0.2) is 0 Å². The number of amides is 3. The van der Waals surface area contributed by atoms with Crippen molar-refractivity contribution >= 4 is 11.9 Å². The summed E-state index contributed by atoms with van der Waals surface area (Å²) >= 11 is 0. The number of carbonyl (C=O) groups excluding carboxylic acids is 2. The highest BCUT2D eigenvalue weighted by Gasteiger charge is 2.56. The Morgan fingerprint density at radius 1 is 1.35 bits per heavy atom. The van der Waals surface area contributed by atoms with Gasteiger partial charge in [0.2, 0.25) is 5.91 Å². The minimum Gasteiger partial charge on any atom is -0.392 e. The maximum atomic E-state index is 12.6. The molecule has 26 heavy (non-hydrogen) atoms. The Bertz CT molecular complexity index is 573. The van der Waals surface area contributed by atoms with Gasteiger partial charge in [-0.05, 0) is 32.1 Å². The van der Waals surface area contributed by atoms with E-state index in [1.54, 1.807) is 0 Å². The molecule has 5 atom stereocenters. The fourth-order valence-electron chi connectivity index (χ4n) is 5.09. The van der Waals surface area contributed by atoms with Crippen LogP contribution in [-0.4, -0.2) is 77.4 Å². The minimum atomic E-state index is -0.314. The van der Waals surface area contributed by atoms with Crippen molar-refractivity contribution in [3.8, 4) is 0 Å². The highest BCUT2D eigenvalue weighted by Crippen LogP contribution is 2.50. The average molecular weight is 365 g/mol. The standard InChI is InChI=1S/C19H31N3O4/c1-3-26-16-10-15(23)19(16)4-6-21(7-5-19)18(25)20-13-9-17(24)22(11-13)14-8-12(14)2/h12-16,23H,3-11H2,1-2H3,(H,20,25). The van der Waals surface area contributed by atoms with E-state index >= 15 is 0 Å². The highest BCUT2D eigenvalue weighted by molar-refractivity contribution is 5.82. The van der Waals surface area contributed by atoms with Crippen molar-refractivity contribution in [1.82, 2.24) is 15.1 Å². The Morgan fingerprint density at radius 2 is 2.04 bits per heavy atom. The summed E-state index contributed by atoms with van der Waals surface area (Å²) in [6, 6.07) is 0.226. The molecule has 7 heteroatoms. The fourth-order valence-corrected chi connectivity index (χ4v) is 5.09. The Kier molecular flexibility index (Phi) is 4.63. The van der Waals surface area contributed by atoms with Gasteiger partial charge in [0.1, 0.15) is 0 Å². The van der Waals surface area contributed by atoms with Gasteiger partial charge in [-0.2, -0.15) is 0 Å². The van der Waals surface area contributed by atoms with Crippen molar-refractivity contribution in [3.63, 3.8) is 0 Å². The molecule has 2 aliphatic heterocycles. The highest BCUT2D eigenvalue weighted by atomic mass is 16.5. The number of nitrogens with zero attached hydrogens (tertiary/aromatic N) is 2. The predicted molar refractivity (Wildman–Crippen MR) is 95.5 cm³/mol. The number of ether oxygens (including phenoxy) is 1. The van der Waals surface area contributed by atoms with Gasteiger partial charge < -0.3 is 25.0 Å². The molecule has 2 heterocycles. The summed E-state index contributed by atoms with van der Waals surface area (Å²) in [6.07, 6.45) is 3.57. The lowest BCUT2D eigenvalue weighted by Gasteiger charge is -2.56. The number of hydrogen-bond acceptors (Lipinski definition) is 4. The van der Waals surface area contributed by atoms with Gasteiger partial charge in [-0.1, -0.05) is 6.92 Å². The molecular weight excluding hydrogens is 334 g/mol. The second-order valence-electron chi connectivity index (χ2n) is 8.59. The molecule has 2 saturated carbocycles. The number of hydrogen-bond donors (Lipinski definition) is 2. The molecular formula is C19H31N3O4. The summed E-state index contributed by atoms with van der Waals surface area (Å²) < 4.78 is 5.78. The van der Waals surface area contributed by atoms with Gasteiger partial charge in [0.05, 0.1) is 18.2 Å². The molecule has 2 N–H and O–H groups in total. The Labute approximate surface area is 155 Å². The van der Waals surface area contributed by atoms with Crippen LogP contribution in [-0.2, 0) is 9.53 Å². The van der Waals surface area contributed by atoms with E-state index in [9.17, 15) is 14.7 Å². The second kappa shape index (κ2) is 6.68. The Hall–Kier alpha value is -1.34. The van der Waals surface area contributed by atoms with Crippen LogP contribution in [0.2, 0.25) is 0 Å². The van der Waals surface area contributed by atoms with E-state index in [1.165, 1.54) is 0 Å². The van der Waals surface area contributed by atoms with Crippen molar-refractivity contribution in [3.05, 3.63) is 0 Å². The van der Waals surface area contributed by atoms with Crippen LogP contribution in [0.5, 0.6) is 0 Å². The zero-order valence-corrected chi connectivity index (χ0v) is 15.8. The maximum absolute atomic E-state index is 12.6. The first-order chi connectivity index (χ1) is 12.4. The van der Waals surface area contributed by atoms with Crippen molar-refractivity contribution in [1.29, 1.82) is 0 Å². The van der Waals surface area contributed by atoms with Crippen molar-refractivity contribution in [2.45, 2.75) is 70.2 Å². The summed E-state index contributed by atoms with van der Waals surface area (Å²) in [5.74, 6) is 0.762. The number of aliphatic hydroxyl groups excluding tert-OH is 1. The first kappa shape index (κ1) is 18.0. The van der Waals surface area contributed by atoms with Crippen molar-refractivity contribution < 1.29 is 19.4 Å². The molecule has 7 nitrogen and oxygen atoms in total. The van der Waals surface area contributed by atoms with E-state index in [2.05, 4.69) is 12.2 Å². The van der Waals surface area contributed by atoms with Crippen LogP contribution in [0.4, 0.5) is 4.79 Å². The molecule has 0 bridgehead atoms. The number of nitrogens with one attached hydrogen (secondary N) is 1. The third-order valence-electron chi connectivity index (χ3n) is 7.04. The summed E-state index contributed by atoms with van der Waals surface area (Å²) in [6.45, 7) is 6.72. The van der Waals surface area contributed by atoms with Gasteiger partial charge in [-0.3, -0.25) is 4.79 Å². The van der Waals surface area contributed by atoms with Crippen LogP contribution in [0.1, 0.15) is 46.0 Å². The smallest absolute Gasteiger partial charge is 0.317 e. The minimum absolute atomic E-state index is 0.0786. The molecule has 4 fully saturated rings. The van der Waals surface area contributed by atoms with E-state index in [-0.39, 0.29) is 35.6 Å². The third kappa shape index (κ3) is 2.99. The van der Waals surface area contributed by atoms with E-state index in [0.29, 0.717) is 51.0 Å². The van der Waals surface area contributed by atoms with E-state index < -0.39 is 0 Å². The molecule has 146 valence electrons. The Morgan fingerprint density at radius 3 is 2.62 bits per heavy atom. The van der Waals surface area contributed by atoms with Crippen LogP contribution in [0, 0.1) is 11.3 Å². The quantitative estimate of drug-likeness (QED) is 0.777. The first-order valence-electron chi connectivity index (χ1n) is 10.1. The third-order valence-corrected chi connectivity index (χ3v) is 7.04. The van der Waals surface area contributed by atoms with Crippen molar-refractivity contribution in [2.75, 3.05) is 26.2 Å². The molecule has 0 radical (unpaired) electrons. The van der Waals surface area contributed by atoms with Crippen molar-refractivity contribution in [2.24, 2.45) is 11.3 Å². The van der Waals surface area contributed by atoms with Gasteiger partial charge >= 0.3 is 6.03 Å². The average Bonchev–Trinajstić information content (AvgIpc) is 3.24. The zero-order valence-electron chi connectivity index (χ0n) is 15.8. The van der Waals surface area contributed by atoms with Gasteiger partial charge in [0, 0.05) is 50.5 Å². The molecule has 0 aromatic heterocycles. The van der Waals surface area contributed by atoms with Gasteiger partial charge in [0.25, 0.3) is 0 Å². The molecule has 4 aliphatic rings. The summed E-state index contributed by atoms with van der Waals surface area (Å²) in [5, 5.41) is 13.3. The number of likely N-dealkylation sites (tertiary alicyclic amines) is 2.